The van der Waals surface area contributed by atoms with Gasteiger partial charge in [0.2, 0.25) is 0 Å². The minimum Gasteiger partial charge on any atom is -0.497 e. The van der Waals surface area contributed by atoms with Crippen LogP contribution in [0.15, 0.2) is 29.3 Å². The molecule has 2 heterocycles. The van der Waals surface area contributed by atoms with Gasteiger partial charge in [-0.3, -0.25) is 0 Å². The molecule has 2 rings (SSSR count). The molecule has 0 amide bonds. The molecule has 1 aromatic rings. The highest BCUT2D eigenvalue weighted by Gasteiger charge is 2.13. The third-order valence-corrected chi connectivity index (χ3v) is 3.78. The second-order valence-corrected chi connectivity index (χ2v) is 5.21. The van der Waals surface area contributed by atoms with E-state index < -0.39 is 0 Å². The first kappa shape index (κ1) is 11.7. The second-order valence-electron chi connectivity index (χ2n) is 4.18. The van der Waals surface area contributed by atoms with Crippen molar-refractivity contribution in [1.82, 2.24) is 0 Å². The summed E-state index contributed by atoms with van der Waals surface area (Å²) in [5.41, 5.74) is 6.10. The number of hydrogen-bond donors (Lipinski definition) is 1. The highest BCUT2D eigenvalue weighted by atomic mass is 32.1. The van der Waals surface area contributed by atoms with Gasteiger partial charge in [-0.2, -0.15) is 0 Å². The average Bonchev–Trinajstić information content (AvgIpc) is 2.83. The van der Waals surface area contributed by atoms with Gasteiger partial charge in [0, 0.05) is 4.88 Å². The lowest BCUT2D eigenvalue weighted by molar-refractivity contribution is 0.173. The fourth-order valence-electron chi connectivity index (χ4n) is 1.93. The Morgan fingerprint density at radius 1 is 1.50 bits per heavy atom. The fraction of sp³-hybridized carbons (Fsp3) is 0.538. The van der Waals surface area contributed by atoms with Crippen LogP contribution < -0.4 is 5.73 Å². The molecule has 1 aromatic heterocycles. The molecule has 1 aliphatic rings. The lowest BCUT2D eigenvalue weighted by Crippen LogP contribution is -2.26. The standard InChI is InChI=1S/C13H19NOS/c14-12(13-8-1-2-9-15-13)7-3-5-11-6-4-10-16-11/h4,6,8,10,12H,1-3,5,7,9,14H2. The molecule has 0 fully saturated rings. The monoisotopic (exact) mass is 237 g/mol. The predicted molar refractivity (Wildman–Crippen MR) is 68.5 cm³/mol. The molecule has 88 valence electrons. The summed E-state index contributed by atoms with van der Waals surface area (Å²) in [5.74, 6) is 1.01. The number of rotatable bonds is 5. The van der Waals surface area contributed by atoms with E-state index in [4.69, 9.17) is 10.5 Å². The van der Waals surface area contributed by atoms with Crippen LogP contribution in [0.4, 0.5) is 0 Å². The molecule has 0 radical (unpaired) electrons. The van der Waals surface area contributed by atoms with Crippen molar-refractivity contribution < 1.29 is 4.74 Å². The molecule has 0 aromatic carbocycles. The van der Waals surface area contributed by atoms with E-state index >= 15 is 0 Å². The van der Waals surface area contributed by atoms with Crippen LogP contribution in [0.3, 0.4) is 0 Å². The van der Waals surface area contributed by atoms with Gasteiger partial charge >= 0.3 is 0 Å². The molecule has 0 saturated heterocycles. The topological polar surface area (TPSA) is 35.2 Å². The molecule has 1 unspecified atom stereocenters. The van der Waals surface area contributed by atoms with E-state index in [9.17, 15) is 0 Å². The second kappa shape index (κ2) is 6.06. The van der Waals surface area contributed by atoms with Crippen LogP contribution in [0.1, 0.15) is 30.6 Å². The Morgan fingerprint density at radius 2 is 2.44 bits per heavy atom. The van der Waals surface area contributed by atoms with Crippen molar-refractivity contribution in [3.63, 3.8) is 0 Å². The summed E-state index contributed by atoms with van der Waals surface area (Å²) >= 11 is 1.82. The van der Waals surface area contributed by atoms with Gasteiger partial charge in [0.25, 0.3) is 0 Å². The van der Waals surface area contributed by atoms with Crippen molar-refractivity contribution in [2.75, 3.05) is 6.61 Å². The van der Waals surface area contributed by atoms with Crippen LogP contribution in [0, 0.1) is 0 Å². The van der Waals surface area contributed by atoms with Crippen molar-refractivity contribution in [1.29, 1.82) is 0 Å². The molecule has 0 spiro atoms. The Labute approximate surface area is 101 Å². The molecule has 1 atom stereocenters. The van der Waals surface area contributed by atoms with Gasteiger partial charge < -0.3 is 10.5 Å². The smallest absolute Gasteiger partial charge is 0.109 e. The van der Waals surface area contributed by atoms with E-state index in [1.54, 1.807) is 0 Å². The zero-order chi connectivity index (χ0) is 11.2. The van der Waals surface area contributed by atoms with Crippen molar-refractivity contribution >= 4 is 11.3 Å². The Bertz CT molecular complexity index is 332. The molecule has 3 heteroatoms. The van der Waals surface area contributed by atoms with E-state index in [0.29, 0.717) is 0 Å². The predicted octanol–water partition coefficient (Wildman–Crippen LogP) is 3.09. The third kappa shape index (κ3) is 3.35. The van der Waals surface area contributed by atoms with Gasteiger partial charge in [0.15, 0.2) is 0 Å². The first-order valence-electron chi connectivity index (χ1n) is 5.97. The zero-order valence-electron chi connectivity index (χ0n) is 9.52. The third-order valence-electron chi connectivity index (χ3n) is 2.85. The summed E-state index contributed by atoms with van der Waals surface area (Å²) in [6, 6.07) is 4.39. The first-order chi connectivity index (χ1) is 7.86. The van der Waals surface area contributed by atoms with Gasteiger partial charge in [-0.1, -0.05) is 6.07 Å². The van der Waals surface area contributed by atoms with Gasteiger partial charge in [-0.25, -0.2) is 0 Å². The maximum atomic E-state index is 6.10. The van der Waals surface area contributed by atoms with Crippen LogP contribution in [0.25, 0.3) is 0 Å². The minimum absolute atomic E-state index is 0.0975. The molecular formula is C13H19NOS. The van der Waals surface area contributed by atoms with Crippen LogP contribution in [-0.2, 0) is 11.2 Å². The summed E-state index contributed by atoms with van der Waals surface area (Å²) in [4.78, 5) is 1.45. The highest BCUT2D eigenvalue weighted by molar-refractivity contribution is 7.09. The summed E-state index contributed by atoms with van der Waals surface area (Å²) in [5, 5.41) is 2.13. The van der Waals surface area contributed by atoms with Crippen molar-refractivity contribution in [3.05, 3.63) is 34.2 Å². The van der Waals surface area contributed by atoms with Crippen molar-refractivity contribution in [2.24, 2.45) is 5.73 Å². The normalized spacial score (nSPS) is 17.7. The Kier molecular flexibility index (Phi) is 4.43. The zero-order valence-corrected chi connectivity index (χ0v) is 10.3. The number of thiophene rings is 1. The van der Waals surface area contributed by atoms with Crippen LogP contribution in [0.2, 0.25) is 0 Å². The van der Waals surface area contributed by atoms with E-state index in [2.05, 4.69) is 23.6 Å². The number of nitrogens with two attached hydrogens (primary N) is 1. The highest BCUT2D eigenvalue weighted by Crippen LogP contribution is 2.17. The fourth-order valence-corrected chi connectivity index (χ4v) is 2.68. The lowest BCUT2D eigenvalue weighted by atomic mass is 10.1. The summed E-state index contributed by atoms with van der Waals surface area (Å²) in [6.07, 6.45) is 7.70. The number of aryl methyl sites for hydroxylation is 1. The maximum absolute atomic E-state index is 6.10. The Balaban J connectivity index is 1.71. The van der Waals surface area contributed by atoms with Crippen LogP contribution in [0.5, 0.6) is 0 Å². The molecule has 0 aliphatic carbocycles. The molecular weight excluding hydrogens is 218 g/mol. The molecule has 16 heavy (non-hydrogen) atoms. The number of allylic oxidation sites excluding steroid dienone is 1. The van der Waals surface area contributed by atoms with Crippen molar-refractivity contribution in [2.45, 2.75) is 38.1 Å². The average molecular weight is 237 g/mol. The van der Waals surface area contributed by atoms with Crippen LogP contribution in [-0.4, -0.2) is 12.6 Å². The van der Waals surface area contributed by atoms with Gasteiger partial charge in [-0.15, -0.1) is 11.3 Å². The van der Waals surface area contributed by atoms with E-state index in [1.807, 2.05) is 11.3 Å². The summed E-state index contributed by atoms with van der Waals surface area (Å²) < 4.78 is 5.57. The minimum atomic E-state index is 0.0975. The van der Waals surface area contributed by atoms with E-state index in [1.165, 1.54) is 4.88 Å². The lowest BCUT2D eigenvalue weighted by Gasteiger charge is -2.20. The summed E-state index contributed by atoms with van der Waals surface area (Å²) in [6.45, 7) is 0.838. The summed E-state index contributed by atoms with van der Waals surface area (Å²) in [7, 11) is 0. The maximum Gasteiger partial charge on any atom is 0.109 e. The Morgan fingerprint density at radius 3 is 3.12 bits per heavy atom. The largest absolute Gasteiger partial charge is 0.497 e. The molecule has 1 aliphatic heterocycles. The van der Waals surface area contributed by atoms with E-state index in [-0.39, 0.29) is 6.04 Å². The van der Waals surface area contributed by atoms with E-state index in [0.717, 1.165) is 44.5 Å². The van der Waals surface area contributed by atoms with Gasteiger partial charge in [-0.05, 0) is 49.6 Å². The van der Waals surface area contributed by atoms with Gasteiger partial charge in [0.1, 0.15) is 5.76 Å². The molecule has 2 N–H and O–H groups in total. The SMILES string of the molecule is NC(CCCc1cccs1)C1=CCCCO1. The quantitative estimate of drug-likeness (QED) is 0.854. The molecule has 2 nitrogen and oxygen atoms in total. The number of ether oxygens (including phenoxy) is 1. The first-order valence-corrected chi connectivity index (χ1v) is 6.85. The van der Waals surface area contributed by atoms with Crippen LogP contribution >= 0.6 is 11.3 Å². The number of hydrogen-bond acceptors (Lipinski definition) is 3. The molecule has 0 saturated carbocycles. The van der Waals surface area contributed by atoms with Gasteiger partial charge in [0.05, 0.1) is 12.6 Å². The Hall–Kier alpha value is -0.800. The van der Waals surface area contributed by atoms with Crippen molar-refractivity contribution in [3.8, 4) is 0 Å². The molecule has 0 bridgehead atoms.